The van der Waals surface area contributed by atoms with Crippen molar-refractivity contribution in [3.63, 3.8) is 0 Å². The Bertz CT molecular complexity index is 845. The summed E-state index contributed by atoms with van der Waals surface area (Å²) in [5.74, 6) is 0.139. The quantitative estimate of drug-likeness (QED) is 0.855. The number of hydrogen-bond donors (Lipinski definition) is 0. The standard InChI is InChI=1S/C21H25N3O/c1-14-5-4-6-17(11-14)12-15(2)21-19-13-23(16(3)25)10-9-20(19)24(22-21)18-7-8-18/h4-6,11,18H,2,7-10,12-13H2,1,3H3. The lowest BCUT2D eigenvalue weighted by molar-refractivity contribution is -0.129. The smallest absolute Gasteiger partial charge is 0.219 e. The lowest BCUT2D eigenvalue weighted by atomic mass is 9.97. The van der Waals surface area contributed by atoms with Crippen LogP contribution in [0.5, 0.6) is 0 Å². The average molecular weight is 335 g/mol. The van der Waals surface area contributed by atoms with E-state index < -0.39 is 0 Å². The summed E-state index contributed by atoms with van der Waals surface area (Å²) in [6.45, 7) is 9.57. The molecule has 1 amide bonds. The highest BCUT2D eigenvalue weighted by molar-refractivity contribution is 5.74. The molecule has 1 aromatic carbocycles. The molecule has 1 saturated carbocycles. The van der Waals surface area contributed by atoms with E-state index in [1.54, 1.807) is 6.92 Å². The van der Waals surface area contributed by atoms with E-state index in [4.69, 9.17) is 5.10 Å². The predicted molar refractivity (Wildman–Crippen MR) is 99.2 cm³/mol. The van der Waals surface area contributed by atoms with Crippen molar-refractivity contribution in [1.82, 2.24) is 14.7 Å². The third-order valence-corrected chi connectivity index (χ3v) is 5.26. The third kappa shape index (κ3) is 3.13. The zero-order valence-electron chi connectivity index (χ0n) is 15.1. The van der Waals surface area contributed by atoms with Crippen LogP contribution < -0.4 is 0 Å². The molecule has 1 aliphatic heterocycles. The number of aryl methyl sites for hydroxylation is 1. The average Bonchev–Trinajstić information content (AvgIpc) is 3.34. The summed E-state index contributed by atoms with van der Waals surface area (Å²) in [6.07, 6.45) is 4.13. The zero-order valence-corrected chi connectivity index (χ0v) is 15.1. The molecule has 4 rings (SSSR count). The van der Waals surface area contributed by atoms with E-state index in [9.17, 15) is 4.79 Å². The maximum absolute atomic E-state index is 11.8. The first-order valence-corrected chi connectivity index (χ1v) is 9.12. The van der Waals surface area contributed by atoms with Crippen LogP contribution >= 0.6 is 0 Å². The van der Waals surface area contributed by atoms with E-state index in [1.165, 1.54) is 35.2 Å². The minimum absolute atomic E-state index is 0.139. The molecule has 1 fully saturated rings. The van der Waals surface area contributed by atoms with E-state index in [2.05, 4.69) is 42.4 Å². The maximum Gasteiger partial charge on any atom is 0.219 e. The summed E-state index contributed by atoms with van der Waals surface area (Å²) < 4.78 is 2.23. The molecule has 1 aliphatic carbocycles. The van der Waals surface area contributed by atoms with Crippen LogP contribution in [0.15, 0.2) is 30.8 Å². The normalized spacial score (nSPS) is 16.6. The Hall–Kier alpha value is -2.36. The Morgan fingerprint density at radius 2 is 2.16 bits per heavy atom. The van der Waals surface area contributed by atoms with Crippen molar-refractivity contribution in [3.8, 4) is 0 Å². The maximum atomic E-state index is 11.8. The van der Waals surface area contributed by atoms with Crippen LogP contribution in [-0.2, 0) is 24.2 Å². The number of benzene rings is 1. The van der Waals surface area contributed by atoms with Gasteiger partial charge in [-0.1, -0.05) is 36.4 Å². The zero-order chi connectivity index (χ0) is 17.6. The van der Waals surface area contributed by atoms with Crippen LogP contribution in [0.3, 0.4) is 0 Å². The van der Waals surface area contributed by atoms with Gasteiger partial charge in [-0.2, -0.15) is 5.10 Å². The van der Waals surface area contributed by atoms with E-state index in [0.29, 0.717) is 12.6 Å². The van der Waals surface area contributed by atoms with E-state index in [1.807, 2.05) is 4.90 Å². The molecule has 0 bridgehead atoms. The summed E-state index contributed by atoms with van der Waals surface area (Å²) >= 11 is 0. The minimum Gasteiger partial charge on any atom is -0.338 e. The fourth-order valence-electron chi connectivity index (χ4n) is 3.77. The second-order valence-electron chi connectivity index (χ2n) is 7.41. The van der Waals surface area contributed by atoms with Gasteiger partial charge >= 0.3 is 0 Å². The van der Waals surface area contributed by atoms with Gasteiger partial charge in [-0.3, -0.25) is 9.48 Å². The summed E-state index contributed by atoms with van der Waals surface area (Å²) in [5.41, 5.74) is 7.12. The second-order valence-corrected chi connectivity index (χ2v) is 7.41. The number of carbonyl (C=O) groups excluding carboxylic acids is 1. The molecule has 0 unspecified atom stereocenters. The number of aromatic nitrogens is 2. The SMILES string of the molecule is C=C(Cc1cccc(C)c1)c1nn(C2CC2)c2c1CN(C(C)=O)CC2. The van der Waals surface area contributed by atoms with Crippen LogP contribution in [0.25, 0.3) is 5.57 Å². The number of nitrogens with zero attached hydrogens (tertiary/aromatic N) is 3. The van der Waals surface area contributed by atoms with Crippen molar-refractivity contribution in [2.45, 2.75) is 52.1 Å². The molecule has 130 valence electrons. The molecule has 1 aromatic heterocycles. The molecule has 0 saturated heterocycles. The number of fused-ring (bicyclic) bond motifs is 1. The van der Waals surface area contributed by atoms with Crippen molar-refractivity contribution in [2.24, 2.45) is 0 Å². The lowest BCUT2D eigenvalue weighted by Gasteiger charge is -2.27. The Morgan fingerprint density at radius 3 is 2.84 bits per heavy atom. The van der Waals surface area contributed by atoms with Gasteiger partial charge in [0, 0.05) is 37.7 Å². The molecule has 4 nitrogen and oxygen atoms in total. The van der Waals surface area contributed by atoms with Gasteiger partial charge in [-0.15, -0.1) is 0 Å². The van der Waals surface area contributed by atoms with Crippen LogP contribution in [0.1, 0.15) is 53.9 Å². The van der Waals surface area contributed by atoms with Crippen LogP contribution in [0.4, 0.5) is 0 Å². The molecule has 2 aliphatic rings. The monoisotopic (exact) mass is 335 g/mol. The molecule has 25 heavy (non-hydrogen) atoms. The lowest BCUT2D eigenvalue weighted by Crippen LogP contribution is -2.34. The number of carbonyl (C=O) groups is 1. The molecular formula is C21H25N3O. The highest BCUT2D eigenvalue weighted by Crippen LogP contribution is 2.39. The molecule has 0 radical (unpaired) electrons. The molecule has 0 N–H and O–H groups in total. The van der Waals surface area contributed by atoms with Gasteiger partial charge in [-0.25, -0.2) is 0 Å². The van der Waals surface area contributed by atoms with Crippen LogP contribution in [0.2, 0.25) is 0 Å². The van der Waals surface area contributed by atoms with Gasteiger partial charge in [0.2, 0.25) is 5.91 Å². The Balaban J connectivity index is 1.66. The second kappa shape index (κ2) is 6.17. The van der Waals surface area contributed by atoms with Crippen molar-refractivity contribution in [3.05, 3.63) is 58.9 Å². The van der Waals surface area contributed by atoms with Gasteiger partial charge in [0.05, 0.1) is 11.7 Å². The number of rotatable bonds is 4. The van der Waals surface area contributed by atoms with Crippen molar-refractivity contribution < 1.29 is 4.79 Å². The third-order valence-electron chi connectivity index (χ3n) is 5.26. The molecular weight excluding hydrogens is 310 g/mol. The van der Waals surface area contributed by atoms with Gasteiger partial charge in [0.15, 0.2) is 0 Å². The highest BCUT2D eigenvalue weighted by atomic mass is 16.2. The molecule has 2 aromatic rings. The van der Waals surface area contributed by atoms with E-state index in [-0.39, 0.29) is 5.91 Å². The van der Waals surface area contributed by atoms with Crippen LogP contribution in [-0.4, -0.2) is 27.1 Å². The first-order chi connectivity index (χ1) is 12.0. The highest BCUT2D eigenvalue weighted by Gasteiger charge is 2.33. The Labute approximate surface area is 149 Å². The van der Waals surface area contributed by atoms with Crippen LogP contribution in [0, 0.1) is 6.92 Å². The van der Waals surface area contributed by atoms with Gasteiger partial charge in [-0.05, 0) is 37.3 Å². The van der Waals surface area contributed by atoms with Crippen molar-refractivity contribution >= 4 is 11.5 Å². The fourth-order valence-corrected chi connectivity index (χ4v) is 3.77. The number of allylic oxidation sites excluding steroid dienone is 1. The topological polar surface area (TPSA) is 38.1 Å². The first-order valence-electron chi connectivity index (χ1n) is 9.12. The molecule has 0 atom stereocenters. The van der Waals surface area contributed by atoms with E-state index in [0.717, 1.165) is 30.7 Å². The largest absolute Gasteiger partial charge is 0.338 e. The summed E-state index contributed by atoms with van der Waals surface area (Å²) in [7, 11) is 0. The Morgan fingerprint density at radius 1 is 1.36 bits per heavy atom. The summed E-state index contributed by atoms with van der Waals surface area (Å²) in [4.78, 5) is 13.8. The Kier molecular flexibility index (Phi) is 3.98. The molecule has 4 heteroatoms. The fraction of sp³-hybridized carbons (Fsp3) is 0.429. The molecule has 0 spiro atoms. The van der Waals surface area contributed by atoms with Gasteiger partial charge in [0.1, 0.15) is 0 Å². The minimum atomic E-state index is 0.139. The number of hydrogen-bond acceptors (Lipinski definition) is 2. The summed E-state index contributed by atoms with van der Waals surface area (Å²) in [6, 6.07) is 9.11. The first kappa shape index (κ1) is 16.1. The van der Waals surface area contributed by atoms with Crippen molar-refractivity contribution in [1.29, 1.82) is 0 Å². The predicted octanol–water partition coefficient (Wildman–Crippen LogP) is 3.69. The summed E-state index contributed by atoms with van der Waals surface area (Å²) in [5, 5.41) is 4.95. The number of amides is 1. The molecule has 2 heterocycles. The van der Waals surface area contributed by atoms with Gasteiger partial charge < -0.3 is 4.90 Å². The van der Waals surface area contributed by atoms with E-state index >= 15 is 0 Å². The van der Waals surface area contributed by atoms with Crippen molar-refractivity contribution in [2.75, 3.05) is 6.54 Å². The van der Waals surface area contributed by atoms with Gasteiger partial charge in [0.25, 0.3) is 0 Å².